The van der Waals surface area contributed by atoms with Crippen LogP contribution in [0, 0.1) is 0 Å². The second-order valence-corrected chi connectivity index (χ2v) is 8.18. The number of rotatable bonds is 15. The predicted octanol–water partition coefficient (Wildman–Crippen LogP) is -3.22. The van der Waals surface area contributed by atoms with Crippen LogP contribution in [0.1, 0.15) is 18.4 Å². The fourth-order valence-corrected chi connectivity index (χ4v) is 3.20. The maximum absolute atomic E-state index is 13.0. The standard InChI is InChI=1S/C21H33N7O7S/c22-13(9-29)17(31)27-15(8-11-3-5-12(30)6-4-11)18(32)28-16(10-36)19(33)26-14(20(34)35)2-1-7-25-21(23)24/h3-6,13-16,29-30,36H,1-2,7-10,22H2,(H,26,33)(H,27,31)(H,28,32)(H,34,35)(H4,23,24,25). The molecule has 0 heterocycles. The van der Waals surface area contributed by atoms with Gasteiger partial charge in [0.15, 0.2) is 5.96 Å². The Balaban J connectivity index is 2.92. The quantitative estimate of drug-likeness (QED) is 0.0472. The Morgan fingerprint density at radius 2 is 1.50 bits per heavy atom. The molecular formula is C21H33N7O7S. The van der Waals surface area contributed by atoms with Gasteiger partial charge >= 0.3 is 5.97 Å². The molecule has 1 aromatic carbocycles. The van der Waals surface area contributed by atoms with E-state index in [-0.39, 0.29) is 43.3 Å². The first-order valence-corrected chi connectivity index (χ1v) is 11.6. The maximum atomic E-state index is 13.0. The topological polar surface area (TPSA) is 255 Å². The molecule has 12 N–H and O–H groups in total. The number of aliphatic carboxylic acids is 1. The lowest BCUT2D eigenvalue weighted by Gasteiger charge is -2.24. The molecule has 14 nitrogen and oxygen atoms in total. The number of hydrogen-bond acceptors (Lipinski definition) is 9. The highest BCUT2D eigenvalue weighted by molar-refractivity contribution is 7.80. The second kappa shape index (κ2) is 15.4. The zero-order valence-corrected chi connectivity index (χ0v) is 20.4. The number of aliphatic hydroxyl groups is 1. The first-order valence-electron chi connectivity index (χ1n) is 10.9. The van der Waals surface area contributed by atoms with Crippen LogP contribution in [0.15, 0.2) is 29.3 Å². The van der Waals surface area contributed by atoms with Crippen molar-refractivity contribution in [3.8, 4) is 5.75 Å². The fourth-order valence-electron chi connectivity index (χ4n) is 2.94. The average Bonchev–Trinajstić information content (AvgIpc) is 2.83. The number of nitrogens with one attached hydrogen (secondary N) is 3. The molecule has 0 aliphatic carbocycles. The van der Waals surface area contributed by atoms with E-state index in [1.165, 1.54) is 24.3 Å². The molecule has 0 fully saturated rings. The first-order chi connectivity index (χ1) is 17.0. The number of nitrogens with two attached hydrogens (primary N) is 3. The van der Waals surface area contributed by atoms with E-state index in [1.54, 1.807) is 0 Å². The molecule has 0 saturated carbocycles. The number of benzene rings is 1. The predicted molar refractivity (Wildman–Crippen MR) is 134 cm³/mol. The molecule has 36 heavy (non-hydrogen) atoms. The van der Waals surface area contributed by atoms with Gasteiger partial charge in [0.05, 0.1) is 6.61 Å². The summed E-state index contributed by atoms with van der Waals surface area (Å²) < 4.78 is 0. The van der Waals surface area contributed by atoms with Gasteiger partial charge in [0.1, 0.15) is 29.9 Å². The number of nitrogens with zero attached hydrogens (tertiary/aromatic N) is 1. The van der Waals surface area contributed by atoms with Crippen molar-refractivity contribution in [1.82, 2.24) is 16.0 Å². The highest BCUT2D eigenvalue weighted by Gasteiger charge is 2.29. The smallest absolute Gasteiger partial charge is 0.326 e. The summed E-state index contributed by atoms with van der Waals surface area (Å²) in [5, 5.41) is 35.2. The Morgan fingerprint density at radius 1 is 0.944 bits per heavy atom. The number of aromatic hydroxyl groups is 1. The van der Waals surface area contributed by atoms with E-state index >= 15 is 0 Å². The highest BCUT2D eigenvalue weighted by atomic mass is 32.1. The van der Waals surface area contributed by atoms with Crippen LogP contribution in [-0.4, -0.2) is 88.0 Å². The zero-order valence-electron chi connectivity index (χ0n) is 19.5. The molecule has 0 aliphatic heterocycles. The molecule has 200 valence electrons. The van der Waals surface area contributed by atoms with E-state index in [9.17, 15) is 29.4 Å². The molecule has 0 aliphatic rings. The number of carboxylic acid groups (broad SMARTS) is 1. The monoisotopic (exact) mass is 527 g/mol. The normalized spacial score (nSPS) is 14.0. The van der Waals surface area contributed by atoms with Gasteiger partial charge in [0, 0.05) is 18.7 Å². The molecule has 0 radical (unpaired) electrons. The fraction of sp³-hybridized carbons (Fsp3) is 0.476. The summed E-state index contributed by atoms with van der Waals surface area (Å²) in [6, 6.07) is 0.896. The third-order valence-electron chi connectivity index (χ3n) is 4.92. The minimum atomic E-state index is -1.28. The number of thiol groups is 1. The van der Waals surface area contributed by atoms with Crippen LogP contribution in [-0.2, 0) is 25.6 Å². The van der Waals surface area contributed by atoms with Crippen LogP contribution in [0.5, 0.6) is 5.75 Å². The van der Waals surface area contributed by atoms with Crippen molar-refractivity contribution in [2.75, 3.05) is 18.9 Å². The van der Waals surface area contributed by atoms with Gasteiger partial charge in [-0.2, -0.15) is 12.6 Å². The molecule has 1 rings (SSSR count). The Bertz CT molecular complexity index is 926. The van der Waals surface area contributed by atoms with Crippen molar-refractivity contribution in [2.24, 2.45) is 22.2 Å². The Kier molecular flexibility index (Phi) is 13.1. The SMILES string of the molecule is NC(N)=NCCCC(NC(=O)C(CS)NC(=O)C(Cc1ccc(O)cc1)NC(=O)C(N)CO)C(=O)O. The van der Waals surface area contributed by atoms with Gasteiger partial charge in [0.25, 0.3) is 0 Å². The summed E-state index contributed by atoms with van der Waals surface area (Å²) in [5.74, 6) is -3.96. The van der Waals surface area contributed by atoms with Crippen LogP contribution >= 0.6 is 12.6 Å². The van der Waals surface area contributed by atoms with Crippen molar-refractivity contribution in [2.45, 2.75) is 43.4 Å². The molecular weight excluding hydrogens is 494 g/mol. The van der Waals surface area contributed by atoms with Crippen molar-refractivity contribution in [3.63, 3.8) is 0 Å². The summed E-state index contributed by atoms with van der Waals surface area (Å²) in [5.41, 5.74) is 16.5. The van der Waals surface area contributed by atoms with Crippen LogP contribution in [0.4, 0.5) is 0 Å². The number of phenols is 1. The van der Waals surface area contributed by atoms with E-state index in [0.717, 1.165) is 0 Å². The van der Waals surface area contributed by atoms with Crippen LogP contribution < -0.4 is 33.2 Å². The van der Waals surface area contributed by atoms with Crippen molar-refractivity contribution in [1.29, 1.82) is 0 Å². The molecule has 0 saturated heterocycles. The number of carboxylic acids is 1. The van der Waals surface area contributed by atoms with Crippen molar-refractivity contribution >= 4 is 42.3 Å². The van der Waals surface area contributed by atoms with Gasteiger partial charge in [-0.15, -0.1) is 0 Å². The number of hydrogen-bond donors (Lipinski definition) is 10. The lowest BCUT2D eigenvalue weighted by atomic mass is 10.0. The van der Waals surface area contributed by atoms with Crippen LogP contribution in [0.3, 0.4) is 0 Å². The molecule has 15 heteroatoms. The van der Waals surface area contributed by atoms with Crippen molar-refractivity contribution < 1.29 is 34.5 Å². The Labute approximate surface area is 213 Å². The summed E-state index contributed by atoms with van der Waals surface area (Å²) in [7, 11) is 0. The van der Waals surface area contributed by atoms with E-state index in [2.05, 4.69) is 33.6 Å². The summed E-state index contributed by atoms with van der Waals surface area (Å²) >= 11 is 4.07. The third kappa shape index (κ3) is 10.8. The molecule has 4 atom stereocenters. The van der Waals surface area contributed by atoms with Crippen LogP contribution in [0.25, 0.3) is 0 Å². The molecule has 0 spiro atoms. The van der Waals surface area contributed by atoms with Crippen molar-refractivity contribution in [3.05, 3.63) is 29.8 Å². The Morgan fingerprint density at radius 3 is 2.03 bits per heavy atom. The van der Waals surface area contributed by atoms with Gasteiger partial charge in [-0.25, -0.2) is 4.79 Å². The number of carbonyl (C=O) groups excluding carboxylic acids is 3. The summed E-state index contributed by atoms with van der Waals surface area (Å²) in [4.78, 5) is 53.2. The van der Waals surface area contributed by atoms with Crippen LogP contribution in [0.2, 0.25) is 0 Å². The van der Waals surface area contributed by atoms with Gasteiger partial charge < -0.3 is 48.5 Å². The van der Waals surface area contributed by atoms with Gasteiger partial charge in [-0.05, 0) is 30.5 Å². The number of carbonyl (C=O) groups is 4. The van der Waals surface area contributed by atoms with Gasteiger partial charge in [-0.3, -0.25) is 19.4 Å². The molecule has 3 amide bonds. The van der Waals surface area contributed by atoms with Gasteiger partial charge in [-0.1, -0.05) is 12.1 Å². The summed E-state index contributed by atoms with van der Waals surface area (Å²) in [6.45, 7) is -0.482. The minimum absolute atomic E-state index is 0.00387. The lowest BCUT2D eigenvalue weighted by molar-refractivity contribution is -0.142. The van der Waals surface area contributed by atoms with E-state index in [0.29, 0.717) is 5.56 Å². The lowest BCUT2D eigenvalue weighted by Crippen LogP contribution is -2.58. The zero-order chi connectivity index (χ0) is 27.3. The van der Waals surface area contributed by atoms with E-state index in [1.807, 2.05) is 0 Å². The van der Waals surface area contributed by atoms with Gasteiger partial charge in [0.2, 0.25) is 17.7 Å². The maximum Gasteiger partial charge on any atom is 0.326 e. The number of amides is 3. The number of guanidine groups is 1. The first kappa shape index (κ1) is 30.5. The van der Waals surface area contributed by atoms with E-state index in [4.69, 9.17) is 22.3 Å². The second-order valence-electron chi connectivity index (χ2n) is 7.81. The number of aliphatic imine (C=N–C) groups is 1. The summed E-state index contributed by atoms with van der Waals surface area (Å²) in [6.07, 6.45) is 0.280. The third-order valence-corrected chi connectivity index (χ3v) is 5.28. The molecule has 4 unspecified atom stereocenters. The number of phenolic OH excluding ortho intramolecular Hbond substituents is 1. The molecule has 0 aromatic heterocycles. The largest absolute Gasteiger partial charge is 0.508 e. The van der Waals surface area contributed by atoms with E-state index < -0.39 is 54.5 Å². The molecule has 0 bridgehead atoms. The minimum Gasteiger partial charge on any atom is -0.508 e. The Hall–Kier alpha value is -3.56. The highest BCUT2D eigenvalue weighted by Crippen LogP contribution is 2.12. The number of aliphatic hydroxyl groups excluding tert-OH is 1. The average molecular weight is 528 g/mol. The molecule has 1 aromatic rings.